The molecule has 2 heterocycles. The average Bonchev–Trinajstić information content (AvgIpc) is 2.74. The van der Waals surface area contributed by atoms with Crippen molar-refractivity contribution < 1.29 is 9.59 Å². The molecule has 0 spiro atoms. The van der Waals surface area contributed by atoms with E-state index in [0.717, 1.165) is 0 Å². The smallest absolute Gasteiger partial charge is 0.280 e. The second kappa shape index (κ2) is 9.75. The van der Waals surface area contributed by atoms with Crippen molar-refractivity contribution in [1.82, 2.24) is 30.6 Å². The van der Waals surface area contributed by atoms with Crippen molar-refractivity contribution in [3.05, 3.63) is 21.7 Å². The second-order valence-electron chi connectivity index (χ2n) is 6.92. The maximum Gasteiger partial charge on any atom is 0.280 e. The van der Waals surface area contributed by atoms with Gasteiger partial charge in [0.15, 0.2) is 56.9 Å². The van der Waals surface area contributed by atoms with Crippen molar-refractivity contribution in [2.75, 3.05) is 22.9 Å². The first-order chi connectivity index (χ1) is 16.0. The van der Waals surface area contributed by atoms with E-state index in [0.29, 0.717) is 12.8 Å². The third-order valence-electron chi connectivity index (χ3n) is 4.54. The lowest BCUT2D eigenvalue weighted by Crippen LogP contribution is -2.45. The molecule has 18 heteroatoms. The Labute approximate surface area is 201 Å². The van der Waals surface area contributed by atoms with Crippen LogP contribution in [0.3, 0.4) is 0 Å². The summed E-state index contributed by atoms with van der Waals surface area (Å²) in [5.74, 6) is -2.68. The number of nitrogens with zero attached hydrogens (tertiary/aromatic N) is 6. The van der Waals surface area contributed by atoms with Crippen molar-refractivity contribution >= 4 is 70.2 Å². The predicted molar refractivity (Wildman–Crippen MR) is 127 cm³/mol. The number of carbonyl (C=O) groups is 2. The normalized spacial score (nSPS) is 18.2. The number of carbonyl (C=O) groups excluding carboxylic acids is 2. The van der Waals surface area contributed by atoms with Gasteiger partial charge in [-0.25, -0.2) is 29.9 Å². The number of guanidine groups is 2. The summed E-state index contributed by atoms with van der Waals surface area (Å²) in [5, 5.41) is 4.29. The zero-order valence-corrected chi connectivity index (χ0v) is 18.8. The lowest BCUT2D eigenvalue weighted by molar-refractivity contribution is 0.0963. The molecule has 3 rings (SSSR count). The molecule has 0 aliphatic heterocycles. The van der Waals surface area contributed by atoms with Crippen LogP contribution in [0.1, 0.15) is 33.8 Å². The van der Waals surface area contributed by atoms with E-state index in [2.05, 4.69) is 40.6 Å². The number of rotatable bonds is 4. The third-order valence-corrected chi connectivity index (χ3v) is 5.09. The molecule has 1 saturated carbocycles. The fraction of sp³-hybridized carbons (Fsp3) is 0.250. The lowest BCUT2D eigenvalue weighted by Gasteiger charge is -2.30. The van der Waals surface area contributed by atoms with E-state index in [9.17, 15) is 9.59 Å². The van der Waals surface area contributed by atoms with Crippen LogP contribution < -0.4 is 45.0 Å². The van der Waals surface area contributed by atoms with Crippen LogP contribution in [0.15, 0.2) is 9.98 Å². The lowest BCUT2D eigenvalue weighted by atomic mass is 9.87. The first kappa shape index (κ1) is 24.5. The van der Waals surface area contributed by atoms with Crippen molar-refractivity contribution in [3.63, 3.8) is 0 Å². The van der Waals surface area contributed by atoms with Crippen molar-refractivity contribution in [2.24, 2.45) is 21.5 Å². The minimum atomic E-state index is -0.778. The molecule has 0 unspecified atom stereocenters. The zero-order valence-electron chi connectivity index (χ0n) is 17.3. The number of hydrogen-bond acceptors (Lipinski definition) is 12. The van der Waals surface area contributed by atoms with Crippen LogP contribution in [0.4, 0.5) is 23.3 Å². The molecule has 16 nitrogen and oxygen atoms in total. The number of amides is 2. The van der Waals surface area contributed by atoms with Gasteiger partial charge in [-0.3, -0.25) is 20.2 Å². The maximum absolute atomic E-state index is 12.3. The van der Waals surface area contributed by atoms with Gasteiger partial charge in [-0.2, -0.15) is 0 Å². The molecule has 2 amide bonds. The van der Waals surface area contributed by atoms with Crippen LogP contribution in [-0.2, 0) is 0 Å². The molecule has 14 N–H and O–H groups in total. The molecule has 0 aromatic carbocycles. The topological polar surface area (TPSA) is 291 Å². The molecule has 2 aromatic rings. The number of halogens is 2. The molecule has 1 fully saturated rings. The van der Waals surface area contributed by atoms with Gasteiger partial charge in [0, 0.05) is 0 Å². The van der Waals surface area contributed by atoms with Gasteiger partial charge in [0.25, 0.3) is 11.8 Å². The highest BCUT2D eigenvalue weighted by Crippen LogP contribution is 2.26. The fourth-order valence-electron chi connectivity index (χ4n) is 2.76. The fourth-order valence-corrected chi connectivity index (χ4v) is 3.01. The summed E-state index contributed by atoms with van der Waals surface area (Å²) in [6.45, 7) is 0. The predicted octanol–water partition coefficient (Wildman–Crippen LogP) is -1.78. The van der Waals surface area contributed by atoms with Gasteiger partial charge in [0.1, 0.15) is 0 Å². The van der Waals surface area contributed by atoms with Crippen LogP contribution in [-0.4, -0.2) is 55.8 Å². The van der Waals surface area contributed by atoms with Gasteiger partial charge in [-0.05, 0) is 12.8 Å². The highest BCUT2D eigenvalue weighted by atomic mass is 35.5. The Balaban J connectivity index is 1.63. The largest absolute Gasteiger partial charge is 0.382 e. The number of nitrogens with two attached hydrogens (primary N) is 6. The number of nitrogen functional groups attached to an aromatic ring is 4. The van der Waals surface area contributed by atoms with Crippen molar-refractivity contribution in [2.45, 2.75) is 24.9 Å². The average molecular weight is 511 g/mol. The van der Waals surface area contributed by atoms with Crippen molar-refractivity contribution in [3.8, 4) is 0 Å². The van der Waals surface area contributed by atoms with Gasteiger partial charge in [0.05, 0.1) is 12.1 Å². The quantitative estimate of drug-likeness (QED) is 0.167. The highest BCUT2D eigenvalue weighted by molar-refractivity contribution is 6.32. The number of aliphatic imine (C=N–C) groups is 2. The molecular weight excluding hydrogens is 491 g/mol. The van der Waals surface area contributed by atoms with E-state index >= 15 is 0 Å². The number of aromatic nitrogens is 4. The summed E-state index contributed by atoms with van der Waals surface area (Å²) < 4.78 is 0. The van der Waals surface area contributed by atoms with Crippen LogP contribution in [0.25, 0.3) is 0 Å². The van der Waals surface area contributed by atoms with E-state index in [1.807, 2.05) is 0 Å². The summed E-state index contributed by atoms with van der Waals surface area (Å²) in [6.07, 6.45) is 1.21. The Morgan fingerprint density at radius 1 is 0.706 bits per heavy atom. The summed E-state index contributed by atoms with van der Waals surface area (Å²) in [6, 6.07) is -0.824. The van der Waals surface area contributed by atoms with E-state index in [1.54, 1.807) is 0 Å². The molecule has 1 aliphatic rings. The first-order valence-electron chi connectivity index (χ1n) is 9.42. The molecular formula is C16H20Cl2N14O2. The Bertz CT molecular complexity index is 1120. The number of nitrogens with one attached hydrogen (secondary N) is 2. The molecule has 0 radical (unpaired) electrons. The highest BCUT2D eigenvalue weighted by Gasteiger charge is 2.31. The summed E-state index contributed by atoms with van der Waals surface area (Å²) >= 11 is 11.5. The first-order valence-corrected chi connectivity index (χ1v) is 10.2. The van der Waals surface area contributed by atoms with E-state index in [-0.39, 0.29) is 56.9 Å². The monoisotopic (exact) mass is 510 g/mol. The van der Waals surface area contributed by atoms with Crippen LogP contribution >= 0.6 is 23.2 Å². The van der Waals surface area contributed by atoms with Gasteiger partial charge < -0.3 is 34.4 Å². The molecule has 34 heavy (non-hydrogen) atoms. The van der Waals surface area contributed by atoms with Crippen LogP contribution in [0, 0.1) is 0 Å². The number of hydrogen-bond donors (Lipinski definition) is 8. The van der Waals surface area contributed by atoms with Gasteiger partial charge in [-0.15, -0.1) is 0 Å². The van der Waals surface area contributed by atoms with Gasteiger partial charge in [-0.1, -0.05) is 23.2 Å². The molecule has 0 saturated heterocycles. The summed E-state index contributed by atoms with van der Waals surface area (Å²) in [7, 11) is 0. The van der Waals surface area contributed by atoms with E-state index < -0.39 is 23.9 Å². The van der Waals surface area contributed by atoms with E-state index in [1.165, 1.54) is 0 Å². The molecule has 2 atom stereocenters. The van der Waals surface area contributed by atoms with Gasteiger partial charge >= 0.3 is 0 Å². The third kappa shape index (κ3) is 5.41. The van der Waals surface area contributed by atoms with E-state index in [4.69, 9.17) is 57.6 Å². The minimum Gasteiger partial charge on any atom is -0.382 e. The molecule has 1 aliphatic carbocycles. The second-order valence-corrected chi connectivity index (χ2v) is 7.63. The van der Waals surface area contributed by atoms with Crippen LogP contribution in [0.5, 0.6) is 0 Å². The van der Waals surface area contributed by atoms with Crippen LogP contribution in [0.2, 0.25) is 10.3 Å². The molecule has 0 bridgehead atoms. The van der Waals surface area contributed by atoms with Crippen molar-refractivity contribution in [1.29, 1.82) is 0 Å². The Morgan fingerprint density at radius 2 is 1.06 bits per heavy atom. The standard InChI is InChI=1S/C16H20Cl2N14O2/c17-7-11(21)29-9(19)5(27-7)13(33)31-15(23)25-3-1-2-4(3)26-16(24)32-14(34)6-10(20)30-12(22)8(18)28-6/h3-4H,1-2H2,(H4,19,21,29)(H4,20,22,30)(H3,23,25,31,33)(H3,24,26,32,34)/t3-,4-/m1/s1. The Morgan fingerprint density at radius 3 is 1.38 bits per heavy atom. The minimum absolute atomic E-state index is 0.119. The van der Waals surface area contributed by atoms with Gasteiger partial charge in [0.2, 0.25) is 0 Å². The molecule has 2 aromatic heterocycles. The Hall–Kier alpha value is -4.18. The Kier molecular flexibility index (Phi) is 7.02. The SMILES string of the molecule is NC(=N[C@@H]1CC[C@H]1N=C(N)NC(=O)c1nc(Cl)c(N)nc1N)NC(=O)c1nc(Cl)c(N)nc1N. The maximum atomic E-state index is 12.3. The number of anilines is 4. The molecule has 180 valence electrons. The summed E-state index contributed by atoms with van der Waals surface area (Å²) in [5.41, 5.74) is 33.3. The summed E-state index contributed by atoms with van der Waals surface area (Å²) in [4.78, 5) is 48.0. The zero-order chi connectivity index (χ0) is 25.2.